The Morgan fingerprint density at radius 3 is 2.37 bits per heavy atom. The van der Waals surface area contributed by atoms with Crippen LogP contribution in [0.4, 0.5) is 0 Å². The highest BCUT2D eigenvalue weighted by Crippen LogP contribution is 2.39. The molecule has 0 spiro atoms. The van der Waals surface area contributed by atoms with Gasteiger partial charge in [0.2, 0.25) is 0 Å². The lowest BCUT2D eigenvalue weighted by Crippen LogP contribution is -2.50. The second-order valence-corrected chi connectivity index (χ2v) is 11.6. The van der Waals surface area contributed by atoms with Gasteiger partial charge in [-0.05, 0) is 31.0 Å². The smallest absolute Gasteiger partial charge is 0.192 e. The summed E-state index contributed by atoms with van der Waals surface area (Å²) in [5, 5.41) is 9.38. The van der Waals surface area contributed by atoms with Crippen molar-refractivity contribution in [1.82, 2.24) is 0 Å². The zero-order valence-corrected chi connectivity index (χ0v) is 14.2. The Hall–Kier alpha value is 0.0569. The molecular weight excluding hydrogens is 260 g/mol. The van der Waals surface area contributed by atoms with Gasteiger partial charge >= 0.3 is 0 Å². The van der Waals surface area contributed by atoms with Crippen molar-refractivity contribution in [2.45, 2.75) is 76.7 Å². The van der Waals surface area contributed by atoms with Gasteiger partial charge in [-0.1, -0.05) is 20.8 Å². The quantitative estimate of drug-likeness (QED) is 0.791. The largest absolute Gasteiger partial charge is 0.411 e. The molecule has 114 valence electrons. The SMILES string of the molecule is COC1CC[C@H](O[Si](C)(C)C(C)(C)C)[C@@H](CCO)O1. The molecule has 19 heavy (non-hydrogen) atoms. The van der Waals surface area contributed by atoms with E-state index in [-0.39, 0.29) is 30.1 Å². The minimum absolute atomic E-state index is 0.0576. The van der Waals surface area contributed by atoms with Crippen LogP contribution in [-0.2, 0) is 13.9 Å². The topological polar surface area (TPSA) is 47.9 Å². The molecule has 1 N–H and O–H groups in total. The van der Waals surface area contributed by atoms with Crippen molar-refractivity contribution in [1.29, 1.82) is 0 Å². The highest BCUT2D eigenvalue weighted by atomic mass is 28.4. The Labute approximate surface area is 118 Å². The second kappa shape index (κ2) is 6.67. The lowest BCUT2D eigenvalue weighted by Gasteiger charge is -2.44. The third kappa shape index (κ3) is 4.53. The van der Waals surface area contributed by atoms with Gasteiger partial charge in [0.15, 0.2) is 14.6 Å². The highest BCUT2D eigenvalue weighted by Gasteiger charge is 2.42. The van der Waals surface area contributed by atoms with E-state index >= 15 is 0 Å². The van der Waals surface area contributed by atoms with Crippen molar-refractivity contribution in [3.8, 4) is 0 Å². The molecule has 1 fully saturated rings. The van der Waals surface area contributed by atoms with Crippen LogP contribution < -0.4 is 0 Å². The predicted octanol–water partition coefficient (Wildman–Crippen LogP) is 2.91. The molecule has 0 amide bonds. The van der Waals surface area contributed by atoms with Gasteiger partial charge in [0, 0.05) is 20.1 Å². The summed E-state index contributed by atoms with van der Waals surface area (Å²) in [6, 6.07) is 0. The number of methoxy groups -OCH3 is 1. The normalized spacial score (nSPS) is 29.5. The van der Waals surface area contributed by atoms with E-state index in [2.05, 4.69) is 33.9 Å². The molecule has 0 aromatic heterocycles. The summed E-state index contributed by atoms with van der Waals surface area (Å²) in [7, 11) is -0.135. The summed E-state index contributed by atoms with van der Waals surface area (Å²) >= 11 is 0. The van der Waals surface area contributed by atoms with Gasteiger partial charge < -0.3 is 19.0 Å². The van der Waals surface area contributed by atoms with Gasteiger partial charge in [-0.2, -0.15) is 0 Å². The van der Waals surface area contributed by atoms with Gasteiger partial charge in [0.05, 0.1) is 12.2 Å². The van der Waals surface area contributed by atoms with Crippen LogP contribution in [0.5, 0.6) is 0 Å². The predicted molar refractivity (Wildman–Crippen MR) is 78.7 cm³/mol. The fourth-order valence-corrected chi connectivity index (χ4v) is 3.46. The van der Waals surface area contributed by atoms with E-state index in [0.29, 0.717) is 6.42 Å². The lowest BCUT2D eigenvalue weighted by molar-refractivity contribution is -0.211. The van der Waals surface area contributed by atoms with Crippen molar-refractivity contribution in [3.05, 3.63) is 0 Å². The standard InChI is InChI=1S/C14H30O4Si/c1-14(2,3)19(5,6)18-12-7-8-13(16-4)17-11(12)9-10-15/h11-13,15H,7-10H2,1-6H3/t11-,12+,13?/m1/s1. The maximum absolute atomic E-state index is 9.19. The Morgan fingerprint density at radius 2 is 1.89 bits per heavy atom. The minimum atomic E-state index is -1.80. The van der Waals surface area contributed by atoms with Crippen LogP contribution in [0.3, 0.4) is 0 Å². The number of ether oxygens (including phenoxy) is 2. The Bertz CT molecular complexity index is 275. The molecule has 1 saturated heterocycles. The number of hydrogen-bond donors (Lipinski definition) is 1. The van der Waals surface area contributed by atoms with Crippen molar-refractivity contribution in [3.63, 3.8) is 0 Å². The zero-order valence-electron chi connectivity index (χ0n) is 13.2. The minimum Gasteiger partial charge on any atom is -0.411 e. The van der Waals surface area contributed by atoms with Crippen LogP contribution >= 0.6 is 0 Å². The van der Waals surface area contributed by atoms with E-state index in [4.69, 9.17) is 13.9 Å². The van der Waals surface area contributed by atoms with Gasteiger partial charge in [0.25, 0.3) is 0 Å². The van der Waals surface area contributed by atoms with Gasteiger partial charge in [-0.25, -0.2) is 0 Å². The van der Waals surface area contributed by atoms with Gasteiger partial charge in [-0.15, -0.1) is 0 Å². The molecule has 3 atom stereocenters. The third-order valence-corrected chi connectivity index (χ3v) is 8.86. The molecule has 0 aliphatic carbocycles. The van der Waals surface area contributed by atoms with Crippen LogP contribution in [0.25, 0.3) is 0 Å². The van der Waals surface area contributed by atoms with E-state index < -0.39 is 8.32 Å². The maximum atomic E-state index is 9.19. The fourth-order valence-electron chi connectivity index (χ4n) is 2.08. The lowest BCUT2D eigenvalue weighted by atomic mass is 10.0. The summed E-state index contributed by atoms with van der Waals surface area (Å²) in [6.07, 6.45) is 2.28. The first-order valence-corrected chi connectivity index (χ1v) is 10.1. The maximum Gasteiger partial charge on any atom is 0.192 e. The first-order valence-electron chi connectivity index (χ1n) is 7.18. The first kappa shape index (κ1) is 17.1. The molecule has 4 nitrogen and oxygen atoms in total. The number of aliphatic hydroxyl groups excluding tert-OH is 1. The Balaban J connectivity index is 2.70. The van der Waals surface area contributed by atoms with Gasteiger partial charge in [-0.3, -0.25) is 0 Å². The average molecular weight is 290 g/mol. The molecular formula is C14H30O4Si. The van der Waals surface area contributed by atoms with Crippen LogP contribution in [-0.4, -0.2) is 45.6 Å². The summed E-state index contributed by atoms with van der Waals surface area (Å²) in [5.74, 6) is 0. The molecule has 0 saturated carbocycles. The average Bonchev–Trinajstić information content (AvgIpc) is 2.30. The van der Waals surface area contributed by atoms with E-state index in [1.807, 2.05) is 0 Å². The van der Waals surface area contributed by atoms with Crippen LogP contribution in [0, 0.1) is 0 Å². The molecule has 1 rings (SSSR count). The monoisotopic (exact) mass is 290 g/mol. The van der Waals surface area contributed by atoms with Crippen molar-refractivity contribution < 1.29 is 19.0 Å². The molecule has 1 aliphatic rings. The van der Waals surface area contributed by atoms with E-state index in [0.717, 1.165) is 12.8 Å². The van der Waals surface area contributed by atoms with E-state index in [9.17, 15) is 5.11 Å². The molecule has 0 bridgehead atoms. The summed E-state index contributed by atoms with van der Waals surface area (Å²) in [6.45, 7) is 11.3. The van der Waals surface area contributed by atoms with Crippen molar-refractivity contribution in [2.75, 3.05) is 13.7 Å². The summed E-state index contributed by atoms with van der Waals surface area (Å²) in [5.41, 5.74) is 0. The van der Waals surface area contributed by atoms with E-state index in [1.165, 1.54) is 0 Å². The number of rotatable bonds is 5. The van der Waals surface area contributed by atoms with Crippen molar-refractivity contribution >= 4 is 8.32 Å². The molecule has 0 radical (unpaired) electrons. The molecule has 0 aromatic carbocycles. The van der Waals surface area contributed by atoms with Crippen LogP contribution in [0.2, 0.25) is 18.1 Å². The number of hydrogen-bond acceptors (Lipinski definition) is 4. The summed E-state index contributed by atoms with van der Waals surface area (Å²) < 4.78 is 17.6. The van der Waals surface area contributed by atoms with Crippen molar-refractivity contribution in [2.24, 2.45) is 0 Å². The highest BCUT2D eigenvalue weighted by molar-refractivity contribution is 6.74. The summed E-state index contributed by atoms with van der Waals surface area (Å²) in [4.78, 5) is 0. The van der Waals surface area contributed by atoms with E-state index in [1.54, 1.807) is 7.11 Å². The molecule has 1 unspecified atom stereocenters. The molecule has 1 aliphatic heterocycles. The molecule has 0 aromatic rings. The molecule has 5 heteroatoms. The van der Waals surface area contributed by atoms with Gasteiger partial charge in [0.1, 0.15) is 0 Å². The number of aliphatic hydroxyl groups is 1. The fraction of sp³-hybridized carbons (Fsp3) is 1.00. The third-order valence-electron chi connectivity index (χ3n) is 4.36. The Morgan fingerprint density at radius 1 is 1.26 bits per heavy atom. The second-order valence-electron chi connectivity index (χ2n) is 6.85. The first-order chi connectivity index (χ1) is 8.71. The zero-order chi connectivity index (χ0) is 14.7. The molecule has 1 heterocycles. The Kier molecular flexibility index (Phi) is 6.01. The van der Waals surface area contributed by atoms with Crippen LogP contribution in [0.15, 0.2) is 0 Å². The van der Waals surface area contributed by atoms with Crippen LogP contribution in [0.1, 0.15) is 40.0 Å².